The lowest BCUT2D eigenvalue weighted by Crippen LogP contribution is -2.28. The molecule has 0 fully saturated rings. The number of allylic oxidation sites excluding steroid dienone is 1. The van der Waals surface area contributed by atoms with E-state index in [1.165, 1.54) is 0 Å². The zero-order valence-corrected chi connectivity index (χ0v) is 11.5. The highest BCUT2D eigenvalue weighted by atomic mass is 16.4. The van der Waals surface area contributed by atoms with Gasteiger partial charge in [-0.05, 0) is 11.6 Å². The number of nitrogens with zero attached hydrogens (tertiary/aromatic N) is 1. The number of para-hydroxylation sites is 1. The number of benzene rings is 2. The second-order valence-electron chi connectivity index (χ2n) is 5.01. The van der Waals surface area contributed by atoms with Gasteiger partial charge in [-0.15, -0.1) is 0 Å². The van der Waals surface area contributed by atoms with Gasteiger partial charge in [-0.1, -0.05) is 48.5 Å². The molecule has 2 aromatic carbocycles. The van der Waals surface area contributed by atoms with Gasteiger partial charge in [0.2, 0.25) is 5.69 Å². The average molecular weight is 278 g/mol. The van der Waals surface area contributed by atoms with Gasteiger partial charge in [0.1, 0.15) is 0 Å². The Hall–Kier alpha value is -2.68. The first-order chi connectivity index (χ1) is 10.3. The second kappa shape index (κ2) is 5.75. The Labute approximate surface area is 123 Å². The lowest BCUT2D eigenvalue weighted by Gasteiger charge is -2.00. The quantitative estimate of drug-likeness (QED) is 0.876. The molecule has 0 spiro atoms. The Morgan fingerprint density at radius 2 is 1.81 bits per heavy atom. The van der Waals surface area contributed by atoms with E-state index in [9.17, 15) is 9.90 Å². The standard InChI is InChI=1S/C18H15NO2/c20-18(21)17-13-15-10-4-5-11-16(15)19(17)12-6-9-14-7-2-1-3-8-14/h1-12,17H,13H2/p+1/b9-6+,19-12?/t17-/m0/s1. The predicted octanol–water partition coefficient (Wildman–Crippen LogP) is 3.12. The van der Waals surface area contributed by atoms with Crippen LogP contribution in [-0.4, -0.2) is 27.9 Å². The van der Waals surface area contributed by atoms with Gasteiger partial charge in [0.25, 0.3) is 6.04 Å². The molecule has 1 heterocycles. The van der Waals surface area contributed by atoms with Gasteiger partial charge in [-0.2, -0.15) is 4.58 Å². The van der Waals surface area contributed by atoms with E-state index in [-0.39, 0.29) is 0 Å². The molecule has 3 rings (SSSR count). The van der Waals surface area contributed by atoms with Crippen molar-refractivity contribution in [1.29, 1.82) is 0 Å². The lowest BCUT2D eigenvalue weighted by atomic mass is 10.1. The highest BCUT2D eigenvalue weighted by molar-refractivity contribution is 5.80. The summed E-state index contributed by atoms with van der Waals surface area (Å²) in [6, 6.07) is 17.3. The first-order valence-corrected chi connectivity index (χ1v) is 6.91. The SMILES string of the molecule is O=C(O)[C@@H]1Cc2ccccc2[N+]1=C/C=C/c1ccccc1. The molecule has 0 bridgehead atoms. The van der Waals surface area contributed by atoms with Crippen molar-refractivity contribution in [2.24, 2.45) is 0 Å². The van der Waals surface area contributed by atoms with Crippen molar-refractivity contribution in [2.45, 2.75) is 12.5 Å². The van der Waals surface area contributed by atoms with Crippen molar-refractivity contribution in [3.8, 4) is 0 Å². The zero-order chi connectivity index (χ0) is 14.7. The molecule has 104 valence electrons. The first kappa shape index (κ1) is 13.3. The molecule has 0 saturated heterocycles. The normalized spacial score (nSPS) is 19.0. The fraction of sp³-hybridized carbons (Fsp3) is 0.111. The molecule has 3 heteroatoms. The summed E-state index contributed by atoms with van der Waals surface area (Å²) < 4.78 is 1.83. The smallest absolute Gasteiger partial charge is 0.373 e. The van der Waals surface area contributed by atoms with Gasteiger partial charge >= 0.3 is 5.97 Å². The Morgan fingerprint density at radius 3 is 2.57 bits per heavy atom. The maximum absolute atomic E-state index is 11.4. The molecule has 0 aromatic heterocycles. The third-order valence-corrected chi connectivity index (χ3v) is 3.64. The van der Waals surface area contributed by atoms with Crippen LogP contribution in [0.15, 0.2) is 60.7 Å². The van der Waals surface area contributed by atoms with Crippen molar-refractivity contribution in [2.75, 3.05) is 0 Å². The van der Waals surface area contributed by atoms with E-state index in [4.69, 9.17) is 0 Å². The largest absolute Gasteiger partial charge is 0.476 e. The molecule has 0 saturated carbocycles. The lowest BCUT2D eigenvalue weighted by molar-refractivity contribution is -0.456. The van der Waals surface area contributed by atoms with Crippen molar-refractivity contribution < 1.29 is 14.5 Å². The summed E-state index contributed by atoms with van der Waals surface area (Å²) in [6.45, 7) is 0. The molecule has 0 radical (unpaired) electrons. The number of carboxylic acids is 1. The van der Waals surface area contributed by atoms with Crippen molar-refractivity contribution in [1.82, 2.24) is 0 Å². The summed E-state index contributed by atoms with van der Waals surface area (Å²) in [5.41, 5.74) is 3.14. The molecule has 21 heavy (non-hydrogen) atoms. The van der Waals surface area contributed by atoms with Crippen LogP contribution in [0.4, 0.5) is 5.69 Å². The summed E-state index contributed by atoms with van der Waals surface area (Å²) in [7, 11) is 0. The monoisotopic (exact) mass is 278 g/mol. The number of fused-ring (bicyclic) bond motifs is 1. The van der Waals surface area contributed by atoms with Crippen LogP contribution in [0.5, 0.6) is 0 Å². The summed E-state index contributed by atoms with van der Waals surface area (Å²) >= 11 is 0. The highest BCUT2D eigenvalue weighted by Gasteiger charge is 2.39. The molecule has 2 aromatic rings. The third kappa shape index (κ3) is 2.77. The first-order valence-electron chi connectivity index (χ1n) is 6.91. The van der Waals surface area contributed by atoms with E-state index in [0.29, 0.717) is 6.42 Å². The Balaban J connectivity index is 1.92. The summed E-state index contributed by atoms with van der Waals surface area (Å²) in [6.07, 6.45) is 6.26. The van der Waals surface area contributed by atoms with Crippen LogP contribution < -0.4 is 0 Å². The summed E-state index contributed by atoms with van der Waals surface area (Å²) in [4.78, 5) is 11.4. The number of hydrogen-bond acceptors (Lipinski definition) is 1. The van der Waals surface area contributed by atoms with Gasteiger partial charge in [0.05, 0.1) is 6.42 Å². The minimum absolute atomic E-state index is 0.525. The second-order valence-corrected chi connectivity index (χ2v) is 5.01. The predicted molar refractivity (Wildman–Crippen MR) is 83.0 cm³/mol. The van der Waals surface area contributed by atoms with E-state index in [1.807, 2.05) is 77.5 Å². The fourth-order valence-electron chi connectivity index (χ4n) is 2.61. The van der Waals surface area contributed by atoms with Crippen LogP contribution in [0.2, 0.25) is 0 Å². The van der Waals surface area contributed by atoms with Crippen molar-refractivity contribution >= 4 is 23.9 Å². The van der Waals surface area contributed by atoms with E-state index in [0.717, 1.165) is 16.8 Å². The molecule has 1 aliphatic heterocycles. The molecule has 0 amide bonds. The molecule has 3 nitrogen and oxygen atoms in total. The zero-order valence-electron chi connectivity index (χ0n) is 11.5. The number of rotatable bonds is 3. The Bertz CT molecular complexity index is 717. The van der Waals surface area contributed by atoms with Crippen LogP contribution in [-0.2, 0) is 11.2 Å². The van der Waals surface area contributed by atoms with Gasteiger partial charge in [0, 0.05) is 17.7 Å². The van der Waals surface area contributed by atoms with E-state index in [2.05, 4.69) is 0 Å². The van der Waals surface area contributed by atoms with Gasteiger partial charge < -0.3 is 5.11 Å². The molecular weight excluding hydrogens is 262 g/mol. The number of aliphatic carboxylic acids is 1. The molecule has 1 aliphatic rings. The minimum atomic E-state index is -0.796. The van der Waals surface area contributed by atoms with Crippen molar-refractivity contribution in [3.63, 3.8) is 0 Å². The molecule has 1 N–H and O–H groups in total. The van der Waals surface area contributed by atoms with Gasteiger partial charge in [-0.3, -0.25) is 0 Å². The van der Waals surface area contributed by atoms with Crippen LogP contribution >= 0.6 is 0 Å². The average Bonchev–Trinajstić information content (AvgIpc) is 2.88. The minimum Gasteiger partial charge on any atom is -0.476 e. The Morgan fingerprint density at radius 1 is 1.10 bits per heavy atom. The van der Waals surface area contributed by atoms with E-state index in [1.54, 1.807) is 0 Å². The van der Waals surface area contributed by atoms with Crippen LogP contribution in [0.25, 0.3) is 6.08 Å². The highest BCUT2D eigenvalue weighted by Crippen LogP contribution is 2.29. The molecular formula is C18H16NO2+. The number of carboxylic acid groups (broad SMARTS) is 1. The topological polar surface area (TPSA) is 40.3 Å². The van der Waals surface area contributed by atoms with Crippen LogP contribution in [0.3, 0.4) is 0 Å². The van der Waals surface area contributed by atoms with Crippen LogP contribution in [0, 0.1) is 0 Å². The fourth-order valence-corrected chi connectivity index (χ4v) is 2.61. The molecule has 0 aliphatic carbocycles. The van der Waals surface area contributed by atoms with Gasteiger partial charge in [0.15, 0.2) is 6.21 Å². The molecule has 1 atom stereocenters. The molecule has 0 unspecified atom stereocenters. The van der Waals surface area contributed by atoms with Gasteiger partial charge in [-0.25, -0.2) is 4.79 Å². The van der Waals surface area contributed by atoms with E-state index >= 15 is 0 Å². The number of carbonyl (C=O) groups is 1. The van der Waals surface area contributed by atoms with Crippen LogP contribution in [0.1, 0.15) is 11.1 Å². The van der Waals surface area contributed by atoms with E-state index < -0.39 is 12.0 Å². The third-order valence-electron chi connectivity index (χ3n) is 3.64. The number of hydrogen-bond donors (Lipinski definition) is 1. The van der Waals surface area contributed by atoms with Crippen molar-refractivity contribution in [3.05, 3.63) is 71.8 Å². The summed E-state index contributed by atoms with van der Waals surface area (Å²) in [5.74, 6) is -0.796. The Kier molecular flexibility index (Phi) is 3.65. The maximum Gasteiger partial charge on any atom is 0.373 e. The maximum atomic E-state index is 11.4. The summed E-state index contributed by atoms with van der Waals surface area (Å²) in [5, 5.41) is 9.39.